The van der Waals surface area contributed by atoms with Crippen LogP contribution in [0.25, 0.3) is 0 Å². The van der Waals surface area contributed by atoms with Crippen molar-refractivity contribution in [1.29, 1.82) is 5.26 Å². The summed E-state index contributed by atoms with van der Waals surface area (Å²) >= 11 is 0. The van der Waals surface area contributed by atoms with Crippen molar-refractivity contribution in [2.45, 2.75) is 6.92 Å². The second kappa shape index (κ2) is 5.69. The highest BCUT2D eigenvalue weighted by Crippen LogP contribution is 2.18. The van der Waals surface area contributed by atoms with Crippen LogP contribution in [-0.2, 0) is 0 Å². The summed E-state index contributed by atoms with van der Waals surface area (Å²) in [5.74, 6) is 0.284. The van der Waals surface area contributed by atoms with E-state index in [0.717, 1.165) is 0 Å². The molecule has 1 aromatic carbocycles. The molecule has 96 valence electrons. The van der Waals surface area contributed by atoms with Crippen LogP contribution in [0.4, 0.5) is 5.69 Å². The first-order valence-corrected chi connectivity index (χ1v) is 5.62. The van der Waals surface area contributed by atoms with Crippen molar-refractivity contribution >= 4 is 11.6 Å². The van der Waals surface area contributed by atoms with E-state index in [1.807, 2.05) is 6.07 Å². The lowest BCUT2D eigenvalue weighted by Crippen LogP contribution is -2.12. The summed E-state index contributed by atoms with van der Waals surface area (Å²) in [5.41, 5.74) is 1.79. The molecule has 0 unspecified atom stereocenters. The Morgan fingerprint density at radius 1 is 1.58 bits per heavy atom. The normalized spacial score (nSPS) is 9.68. The van der Waals surface area contributed by atoms with Crippen molar-refractivity contribution < 1.29 is 9.53 Å². The van der Waals surface area contributed by atoms with Gasteiger partial charge in [-0.1, -0.05) is 6.07 Å². The zero-order valence-electron chi connectivity index (χ0n) is 10.3. The lowest BCUT2D eigenvalue weighted by atomic mass is 10.2. The SMILES string of the molecule is Cc1[nH]ncc1C(=O)Nc1cccc(OCC#N)c1. The van der Waals surface area contributed by atoms with Gasteiger partial charge in [-0.05, 0) is 19.1 Å². The number of carbonyl (C=O) groups excluding carboxylic acids is 1. The molecule has 0 saturated heterocycles. The zero-order chi connectivity index (χ0) is 13.7. The quantitative estimate of drug-likeness (QED) is 0.873. The van der Waals surface area contributed by atoms with Crippen molar-refractivity contribution in [2.75, 3.05) is 11.9 Å². The first-order chi connectivity index (χ1) is 9.20. The molecule has 0 aliphatic heterocycles. The number of amides is 1. The number of carbonyl (C=O) groups is 1. The van der Waals surface area contributed by atoms with E-state index in [0.29, 0.717) is 22.7 Å². The average Bonchev–Trinajstić information content (AvgIpc) is 2.83. The van der Waals surface area contributed by atoms with Crippen molar-refractivity contribution in [3.63, 3.8) is 0 Å². The van der Waals surface area contributed by atoms with Crippen LogP contribution in [-0.4, -0.2) is 22.7 Å². The van der Waals surface area contributed by atoms with E-state index in [4.69, 9.17) is 10.00 Å². The number of aromatic amines is 1. The maximum Gasteiger partial charge on any atom is 0.259 e. The van der Waals surface area contributed by atoms with Gasteiger partial charge in [0.25, 0.3) is 5.91 Å². The van der Waals surface area contributed by atoms with E-state index >= 15 is 0 Å². The fourth-order valence-electron chi connectivity index (χ4n) is 1.56. The molecule has 0 fully saturated rings. The molecule has 0 saturated carbocycles. The summed E-state index contributed by atoms with van der Waals surface area (Å²) in [6, 6.07) is 8.74. The van der Waals surface area contributed by atoms with Crippen LogP contribution in [0.3, 0.4) is 0 Å². The first kappa shape index (κ1) is 12.6. The third-order valence-corrected chi connectivity index (χ3v) is 2.47. The van der Waals surface area contributed by atoms with Gasteiger partial charge < -0.3 is 10.1 Å². The average molecular weight is 256 g/mol. The van der Waals surface area contributed by atoms with Gasteiger partial charge in [-0.25, -0.2) is 0 Å². The molecule has 2 N–H and O–H groups in total. The van der Waals surface area contributed by atoms with E-state index < -0.39 is 0 Å². The predicted molar refractivity (Wildman–Crippen MR) is 68.8 cm³/mol. The second-order valence-corrected chi connectivity index (χ2v) is 3.84. The molecule has 0 bridgehead atoms. The second-order valence-electron chi connectivity index (χ2n) is 3.84. The smallest absolute Gasteiger partial charge is 0.259 e. The largest absolute Gasteiger partial charge is 0.479 e. The number of anilines is 1. The van der Waals surface area contributed by atoms with E-state index in [1.165, 1.54) is 6.20 Å². The molecule has 0 spiro atoms. The molecule has 19 heavy (non-hydrogen) atoms. The highest BCUT2D eigenvalue weighted by atomic mass is 16.5. The van der Waals surface area contributed by atoms with Crippen LogP contribution in [0.2, 0.25) is 0 Å². The fourth-order valence-corrected chi connectivity index (χ4v) is 1.56. The van der Waals surface area contributed by atoms with Gasteiger partial charge in [-0.2, -0.15) is 10.4 Å². The van der Waals surface area contributed by atoms with Gasteiger partial charge in [0.1, 0.15) is 11.8 Å². The monoisotopic (exact) mass is 256 g/mol. The molecule has 1 aromatic heterocycles. The molecule has 0 radical (unpaired) electrons. The Bertz CT molecular complexity index is 628. The van der Waals surface area contributed by atoms with Crippen LogP contribution < -0.4 is 10.1 Å². The minimum absolute atomic E-state index is 0.0295. The number of aromatic nitrogens is 2. The van der Waals surface area contributed by atoms with E-state index in [-0.39, 0.29) is 12.5 Å². The number of ether oxygens (including phenoxy) is 1. The highest BCUT2D eigenvalue weighted by molar-refractivity contribution is 6.04. The Hall–Kier alpha value is -2.81. The number of aryl methyl sites for hydroxylation is 1. The molecule has 6 nitrogen and oxygen atoms in total. The number of nitrogens with one attached hydrogen (secondary N) is 2. The Balaban J connectivity index is 2.09. The minimum atomic E-state index is -0.247. The number of benzene rings is 1. The molecule has 0 aliphatic carbocycles. The van der Waals surface area contributed by atoms with Gasteiger partial charge in [0, 0.05) is 17.4 Å². The summed E-state index contributed by atoms with van der Waals surface area (Å²) in [4.78, 5) is 12.0. The van der Waals surface area contributed by atoms with E-state index in [9.17, 15) is 4.79 Å². The number of nitrogens with zero attached hydrogens (tertiary/aromatic N) is 2. The van der Waals surface area contributed by atoms with Crippen LogP contribution in [0.1, 0.15) is 16.1 Å². The van der Waals surface area contributed by atoms with E-state index in [1.54, 1.807) is 31.2 Å². The van der Waals surface area contributed by atoms with Crippen molar-refractivity contribution in [3.8, 4) is 11.8 Å². The Labute approximate surface area is 110 Å². The Kier molecular flexibility index (Phi) is 3.78. The zero-order valence-corrected chi connectivity index (χ0v) is 10.3. The highest BCUT2D eigenvalue weighted by Gasteiger charge is 2.11. The van der Waals surface area contributed by atoms with Gasteiger partial charge in [-0.15, -0.1) is 0 Å². The third-order valence-electron chi connectivity index (χ3n) is 2.47. The number of nitriles is 1. The summed E-state index contributed by atoms with van der Waals surface area (Å²) in [6.07, 6.45) is 1.47. The molecule has 2 aromatic rings. The van der Waals surface area contributed by atoms with Crippen LogP contribution in [0.5, 0.6) is 5.75 Å². The third kappa shape index (κ3) is 3.10. The lowest BCUT2D eigenvalue weighted by molar-refractivity contribution is 0.102. The van der Waals surface area contributed by atoms with Crippen LogP contribution >= 0.6 is 0 Å². The standard InChI is InChI=1S/C13H12N4O2/c1-9-12(8-15-17-9)13(18)16-10-3-2-4-11(7-10)19-6-5-14/h2-4,7-8H,6H2,1H3,(H,15,17)(H,16,18). The van der Waals surface area contributed by atoms with Crippen molar-refractivity contribution in [2.24, 2.45) is 0 Å². The Morgan fingerprint density at radius 2 is 2.42 bits per heavy atom. The minimum Gasteiger partial charge on any atom is -0.479 e. The summed E-state index contributed by atoms with van der Waals surface area (Å²) < 4.78 is 5.16. The van der Waals surface area contributed by atoms with Crippen LogP contribution in [0, 0.1) is 18.3 Å². The van der Waals surface area contributed by atoms with Gasteiger partial charge >= 0.3 is 0 Å². The number of hydrogen-bond acceptors (Lipinski definition) is 4. The summed E-state index contributed by atoms with van der Waals surface area (Å²) in [7, 11) is 0. The van der Waals surface area contributed by atoms with Crippen molar-refractivity contribution in [3.05, 3.63) is 41.7 Å². The molecule has 6 heteroatoms. The summed E-state index contributed by atoms with van der Waals surface area (Å²) in [5, 5.41) is 17.7. The predicted octanol–water partition coefficient (Wildman–Crippen LogP) is 1.87. The maximum absolute atomic E-state index is 12.0. The van der Waals surface area contributed by atoms with Crippen molar-refractivity contribution in [1.82, 2.24) is 10.2 Å². The Morgan fingerprint density at radius 3 is 3.11 bits per heavy atom. The molecule has 0 atom stereocenters. The number of rotatable bonds is 4. The van der Waals surface area contributed by atoms with Gasteiger partial charge in [-0.3, -0.25) is 9.89 Å². The topological polar surface area (TPSA) is 90.8 Å². The van der Waals surface area contributed by atoms with E-state index in [2.05, 4.69) is 15.5 Å². The first-order valence-electron chi connectivity index (χ1n) is 5.62. The van der Waals surface area contributed by atoms with Gasteiger partial charge in [0.2, 0.25) is 0 Å². The molecule has 0 aliphatic rings. The molecule has 2 rings (SSSR count). The van der Waals surface area contributed by atoms with Gasteiger partial charge in [0.15, 0.2) is 6.61 Å². The maximum atomic E-state index is 12.0. The molecular formula is C13H12N4O2. The molecule has 1 heterocycles. The molecular weight excluding hydrogens is 244 g/mol. The van der Waals surface area contributed by atoms with Crippen LogP contribution in [0.15, 0.2) is 30.5 Å². The fraction of sp³-hybridized carbons (Fsp3) is 0.154. The molecule has 1 amide bonds. The number of hydrogen-bond donors (Lipinski definition) is 2. The number of H-pyrrole nitrogens is 1. The lowest BCUT2D eigenvalue weighted by Gasteiger charge is -2.06. The van der Waals surface area contributed by atoms with Gasteiger partial charge in [0.05, 0.1) is 11.8 Å². The summed E-state index contributed by atoms with van der Waals surface area (Å²) in [6.45, 7) is 1.74.